The zero-order valence-electron chi connectivity index (χ0n) is 11.8. The normalized spacial score (nSPS) is 25.4. The van der Waals surface area contributed by atoms with Crippen molar-refractivity contribution in [3.05, 3.63) is 0 Å². The Kier molecular flexibility index (Phi) is 4.87. The predicted octanol–water partition coefficient (Wildman–Crippen LogP) is 1.91. The highest BCUT2D eigenvalue weighted by molar-refractivity contribution is 5.74. The molecule has 2 amide bonds. The minimum Gasteiger partial charge on any atom is -0.325 e. The van der Waals surface area contributed by atoms with Crippen LogP contribution in [0.5, 0.6) is 0 Å². The van der Waals surface area contributed by atoms with Crippen LogP contribution in [0.1, 0.15) is 39.5 Å². The molecule has 1 unspecified atom stereocenters. The molecule has 2 saturated heterocycles. The average molecular weight is 253 g/mol. The molecule has 0 bridgehead atoms. The molecule has 0 aliphatic carbocycles. The molecule has 0 aromatic rings. The summed E-state index contributed by atoms with van der Waals surface area (Å²) >= 11 is 0. The summed E-state index contributed by atoms with van der Waals surface area (Å²) < 4.78 is 0. The Balaban J connectivity index is 1.80. The van der Waals surface area contributed by atoms with Gasteiger partial charge in [0.1, 0.15) is 0 Å². The monoisotopic (exact) mass is 253 g/mol. The fourth-order valence-corrected chi connectivity index (χ4v) is 3.30. The number of hydrogen-bond donors (Lipinski definition) is 1. The van der Waals surface area contributed by atoms with E-state index in [1.807, 2.05) is 9.80 Å². The van der Waals surface area contributed by atoms with E-state index in [0.29, 0.717) is 0 Å². The molecule has 18 heavy (non-hydrogen) atoms. The maximum atomic E-state index is 12.2. The van der Waals surface area contributed by atoms with Crippen molar-refractivity contribution in [1.29, 1.82) is 0 Å². The number of hydrogen-bond acceptors (Lipinski definition) is 2. The van der Waals surface area contributed by atoms with Crippen LogP contribution in [-0.4, -0.2) is 54.6 Å². The molecule has 2 aliphatic heterocycles. The summed E-state index contributed by atoms with van der Waals surface area (Å²) in [7, 11) is 0. The number of nitrogens with one attached hydrogen (secondary N) is 1. The molecule has 4 nitrogen and oxygen atoms in total. The smallest absolute Gasteiger partial charge is 0.319 e. The quantitative estimate of drug-likeness (QED) is 0.834. The van der Waals surface area contributed by atoms with Gasteiger partial charge in [0.05, 0.1) is 0 Å². The van der Waals surface area contributed by atoms with E-state index in [1.165, 1.54) is 32.2 Å². The van der Waals surface area contributed by atoms with Gasteiger partial charge in [-0.05, 0) is 52.0 Å². The van der Waals surface area contributed by atoms with Crippen LogP contribution in [0, 0.1) is 5.92 Å². The second kappa shape index (κ2) is 6.41. The van der Waals surface area contributed by atoms with Gasteiger partial charge >= 0.3 is 6.03 Å². The number of rotatable bonds is 3. The van der Waals surface area contributed by atoms with Crippen molar-refractivity contribution in [3.8, 4) is 0 Å². The zero-order chi connectivity index (χ0) is 13.0. The molecule has 4 heteroatoms. The zero-order valence-corrected chi connectivity index (χ0v) is 11.8. The first-order valence-electron chi connectivity index (χ1n) is 7.53. The fraction of sp³-hybridized carbons (Fsp3) is 0.929. The highest BCUT2D eigenvalue weighted by Crippen LogP contribution is 2.26. The van der Waals surface area contributed by atoms with Gasteiger partial charge in [-0.2, -0.15) is 0 Å². The van der Waals surface area contributed by atoms with E-state index in [-0.39, 0.29) is 6.03 Å². The summed E-state index contributed by atoms with van der Waals surface area (Å²) in [6.07, 6.45) is 4.99. The minimum atomic E-state index is 0.234. The third kappa shape index (κ3) is 2.97. The molecule has 0 spiro atoms. The Hall–Kier alpha value is -0.770. The predicted molar refractivity (Wildman–Crippen MR) is 73.6 cm³/mol. The largest absolute Gasteiger partial charge is 0.325 e. The van der Waals surface area contributed by atoms with Crippen molar-refractivity contribution in [1.82, 2.24) is 15.1 Å². The summed E-state index contributed by atoms with van der Waals surface area (Å²) in [4.78, 5) is 16.2. The van der Waals surface area contributed by atoms with Crippen molar-refractivity contribution in [2.45, 2.75) is 45.6 Å². The molecular weight excluding hydrogens is 226 g/mol. The lowest BCUT2D eigenvalue weighted by molar-refractivity contribution is 0.129. The van der Waals surface area contributed by atoms with Gasteiger partial charge in [0.15, 0.2) is 0 Å². The second-order valence-corrected chi connectivity index (χ2v) is 5.48. The van der Waals surface area contributed by atoms with Crippen LogP contribution in [0.3, 0.4) is 0 Å². The average Bonchev–Trinajstić information content (AvgIpc) is 2.94. The maximum absolute atomic E-state index is 12.2. The molecule has 0 aromatic heterocycles. The minimum absolute atomic E-state index is 0.234. The third-order valence-corrected chi connectivity index (χ3v) is 4.51. The van der Waals surface area contributed by atoms with Gasteiger partial charge in [-0.25, -0.2) is 4.79 Å². The van der Waals surface area contributed by atoms with E-state index in [2.05, 4.69) is 19.2 Å². The highest BCUT2D eigenvalue weighted by Gasteiger charge is 2.30. The Morgan fingerprint density at radius 3 is 2.39 bits per heavy atom. The van der Waals surface area contributed by atoms with Crippen LogP contribution in [0.2, 0.25) is 0 Å². The van der Waals surface area contributed by atoms with E-state index >= 15 is 0 Å². The van der Waals surface area contributed by atoms with Gasteiger partial charge in [0.25, 0.3) is 0 Å². The van der Waals surface area contributed by atoms with Gasteiger partial charge < -0.3 is 15.1 Å². The van der Waals surface area contributed by atoms with Gasteiger partial charge in [-0.1, -0.05) is 0 Å². The summed E-state index contributed by atoms with van der Waals surface area (Å²) in [5.74, 6) is 0.785. The van der Waals surface area contributed by atoms with Crippen LogP contribution in [0.25, 0.3) is 0 Å². The van der Waals surface area contributed by atoms with E-state index in [9.17, 15) is 4.79 Å². The standard InChI is InChI=1S/C14H27N3O/c1-3-16(4-2)14(18)17-10-7-12(8-11-17)13-6-5-9-15-13/h12-13,15H,3-11H2,1-2H3. The molecule has 1 N–H and O–H groups in total. The van der Waals surface area contributed by atoms with E-state index < -0.39 is 0 Å². The number of carbonyl (C=O) groups is 1. The van der Waals surface area contributed by atoms with Crippen LogP contribution < -0.4 is 5.32 Å². The Labute approximate surface area is 111 Å². The molecule has 2 aliphatic rings. The molecule has 0 aromatic carbocycles. The lowest BCUT2D eigenvalue weighted by atomic mass is 9.89. The first-order valence-corrected chi connectivity index (χ1v) is 7.53. The molecular formula is C14H27N3O. The molecule has 0 radical (unpaired) electrons. The Bertz CT molecular complexity index is 264. The van der Waals surface area contributed by atoms with Gasteiger partial charge in [0.2, 0.25) is 0 Å². The van der Waals surface area contributed by atoms with Crippen molar-refractivity contribution in [3.63, 3.8) is 0 Å². The molecule has 2 fully saturated rings. The number of piperidine rings is 1. The van der Waals surface area contributed by atoms with Crippen LogP contribution in [0.4, 0.5) is 4.79 Å². The number of likely N-dealkylation sites (tertiary alicyclic amines) is 1. The SMILES string of the molecule is CCN(CC)C(=O)N1CCC(C2CCCN2)CC1. The third-order valence-electron chi connectivity index (χ3n) is 4.51. The van der Waals surface area contributed by atoms with Crippen LogP contribution >= 0.6 is 0 Å². The van der Waals surface area contributed by atoms with Gasteiger partial charge in [0, 0.05) is 32.2 Å². The lowest BCUT2D eigenvalue weighted by Crippen LogP contribution is -2.48. The summed E-state index contributed by atoms with van der Waals surface area (Å²) in [6.45, 7) is 8.81. The lowest BCUT2D eigenvalue weighted by Gasteiger charge is -2.37. The van der Waals surface area contributed by atoms with E-state index in [1.54, 1.807) is 0 Å². The molecule has 0 saturated carbocycles. The van der Waals surface area contributed by atoms with Crippen LogP contribution in [0.15, 0.2) is 0 Å². The topological polar surface area (TPSA) is 35.6 Å². The molecule has 2 rings (SSSR count). The van der Waals surface area contributed by atoms with E-state index in [4.69, 9.17) is 0 Å². The summed E-state index contributed by atoms with van der Waals surface area (Å²) in [5.41, 5.74) is 0. The Morgan fingerprint density at radius 2 is 1.89 bits per heavy atom. The van der Waals surface area contributed by atoms with Crippen molar-refractivity contribution < 1.29 is 4.79 Å². The number of carbonyl (C=O) groups excluding carboxylic acids is 1. The molecule has 104 valence electrons. The van der Waals surface area contributed by atoms with Crippen molar-refractivity contribution in [2.24, 2.45) is 5.92 Å². The fourth-order valence-electron chi connectivity index (χ4n) is 3.30. The molecule has 2 heterocycles. The second-order valence-electron chi connectivity index (χ2n) is 5.48. The first kappa shape index (κ1) is 13.7. The maximum Gasteiger partial charge on any atom is 0.319 e. The first-order chi connectivity index (χ1) is 8.76. The highest BCUT2D eigenvalue weighted by atomic mass is 16.2. The van der Waals surface area contributed by atoms with Crippen LogP contribution in [-0.2, 0) is 0 Å². The number of nitrogens with zero attached hydrogens (tertiary/aromatic N) is 2. The van der Waals surface area contributed by atoms with Gasteiger partial charge in [-0.3, -0.25) is 0 Å². The number of urea groups is 1. The Morgan fingerprint density at radius 1 is 1.22 bits per heavy atom. The number of amides is 2. The molecule has 1 atom stereocenters. The summed E-state index contributed by atoms with van der Waals surface area (Å²) in [5, 5.41) is 3.60. The van der Waals surface area contributed by atoms with Crippen molar-refractivity contribution in [2.75, 3.05) is 32.7 Å². The van der Waals surface area contributed by atoms with Crippen molar-refractivity contribution >= 4 is 6.03 Å². The summed E-state index contributed by atoms with van der Waals surface area (Å²) in [6, 6.07) is 0.952. The van der Waals surface area contributed by atoms with Gasteiger partial charge in [-0.15, -0.1) is 0 Å². The van der Waals surface area contributed by atoms with E-state index in [0.717, 1.165) is 38.1 Å².